The normalized spacial score (nSPS) is 13.4. The lowest BCUT2D eigenvalue weighted by molar-refractivity contribution is 0.176. The van der Waals surface area contributed by atoms with E-state index in [4.69, 9.17) is 5.11 Å². The van der Waals surface area contributed by atoms with E-state index in [0.29, 0.717) is 0 Å². The number of hydrogen-bond acceptors (Lipinski definition) is 2. The first kappa shape index (κ1) is 7.28. The van der Waals surface area contributed by atoms with Crippen LogP contribution in [0.4, 0.5) is 0 Å². The molecule has 0 saturated heterocycles. The Morgan fingerprint density at radius 3 is 3.00 bits per heavy atom. The van der Waals surface area contributed by atoms with Crippen LogP contribution in [0.1, 0.15) is 13.3 Å². The molecule has 0 radical (unpaired) electrons. The molecule has 1 heterocycles. The molecule has 0 amide bonds. The van der Waals surface area contributed by atoms with E-state index >= 15 is 0 Å². The summed E-state index contributed by atoms with van der Waals surface area (Å²) < 4.78 is 1.81. The molecule has 0 aromatic carbocycles. The molecule has 0 fully saturated rings. The molecule has 0 bridgehead atoms. The zero-order chi connectivity index (χ0) is 7.40. The number of aliphatic hydroxyl groups excluding tert-OH is 1. The minimum Gasteiger partial charge on any atom is -0.393 e. The van der Waals surface area contributed by atoms with Crippen LogP contribution in [0.5, 0.6) is 0 Å². The first-order valence-electron chi connectivity index (χ1n) is 3.44. The van der Waals surface area contributed by atoms with E-state index < -0.39 is 0 Å². The van der Waals surface area contributed by atoms with Crippen LogP contribution in [0.3, 0.4) is 0 Å². The lowest BCUT2D eigenvalue weighted by Crippen LogP contribution is -2.06. The van der Waals surface area contributed by atoms with Gasteiger partial charge in [0.25, 0.3) is 0 Å². The zero-order valence-corrected chi connectivity index (χ0v) is 6.07. The average molecular weight is 140 g/mol. The second kappa shape index (κ2) is 3.37. The molecule has 1 aromatic heterocycles. The van der Waals surface area contributed by atoms with Crippen molar-refractivity contribution in [1.29, 1.82) is 0 Å². The van der Waals surface area contributed by atoms with Crippen LogP contribution in [-0.2, 0) is 6.54 Å². The van der Waals surface area contributed by atoms with Crippen molar-refractivity contribution in [3.63, 3.8) is 0 Å². The van der Waals surface area contributed by atoms with E-state index in [0.717, 1.165) is 13.0 Å². The van der Waals surface area contributed by atoms with E-state index in [1.54, 1.807) is 13.1 Å². The summed E-state index contributed by atoms with van der Waals surface area (Å²) in [4.78, 5) is 0. The second-order valence-corrected chi connectivity index (χ2v) is 2.41. The first-order valence-corrected chi connectivity index (χ1v) is 3.44. The standard InChI is InChI=1S/C7H12N2O/c1-7(10)3-6-9-5-2-4-8-9/h2,4-5,7,10H,3,6H2,1H3/t7-/m0/s1. The van der Waals surface area contributed by atoms with Gasteiger partial charge >= 0.3 is 0 Å². The van der Waals surface area contributed by atoms with Crippen LogP contribution >= 0.6 is 0 Å². The summed E-state index contributed by atoms with van der Waals surface area (Å²) in [5, 5.41) is 12.9. The van der Waals surface area contributed by atoms with Crippen LogP contribution in [0.15, 0.2) is 18.5 Å². The van der Waals surface area contributed by atoms with E-state index in [9.17, 15) is 0 Å². The van der Waals surface area contributed by atoms with E-state index in [2.05, 4.69) is 5.10 Å². The zero-order valence-electron chi connectivity index (χ0n) is 6.07. The van der Waals surface area contributed by atoms with Gasteiger partial charge in [-0.3, -0.25) is 4.68 Å². The van der Waals surface area contributed by atoms with Gasteiger partial charge in [-0.1, -0.05) is 0 Å². The predicted octanol–water partition coefficient (Wildman–Crippen LogP) is 0.654. The van der Waals surface area contributed by atoms with Gasteiger partial charge in [0.1, 0.15) is 0 Å². The molecule has 0 unspecified atom stereocenters. The molecule has 56 valence electrons. The molecule has 3 heteroatoms. The van der Waals surface area contributed by atoms with Crippen molar-refractivity contribution in [3.8, 4) is 0 Å². The highest BCUT2D eigenvalue weighted by atomic mass is 16.3. The van der Waals surface area contributed by atoms with Crippen molar-refractivity contribution < 1.29 is 5.11 Å². The second-order valence-electron chi connectivity index (χ2n) is 2.41. The maximum absolute atomic E-state index is 8.91. The number of nitrogens with zero attached hydrogens (tertiary/aromatic N) is 2. The number of aromatic nitrogens is 2. The smallest absolute Gasteiger partial charge is 0.0529 e. The first-order chi connectivity index (χ1) is 4.79. The lowest BCUT2D eigenvalue weighted by atomic mass is 10.3. The molecule has 0 spiro atoms. The van der Waals surface area contributed by atoms with Crippen molar-refractivity contribution in [2.45, 2.75) is 26.0 Å². The van der Waals surface area contributed by atoms with Gasteiger partial charge in [-0.05, 0) is 19.4 Å². The predicted molar refractivity (Wildman–Crippen MR) is 38.5 cm³/mol. The van der Waals surface area contributed by atoms with Gasteiger partial charge in [-0.15, -0.1) is 0 Å². The number of hydrogen-bond donors (Lipinski definition) is 1. The van der Waals surface area contributed by atoms with Crippen molar-refractivity contribution in [2.75, 3.05) is 0 Å². The molecular formula is C7H12N2O. The summed E-state index contributed by atoms with van der Waals surface area (Å²) in [5.74, 6) is 0. The van der Waals surface area contributed by atoms with Gasteiger partial charge in [-0.2, -0.15) is 5.10 Å². The summed E-state index contributed by atoms with van der Waals surface area (Å²) in [7, 11) is 0. The highest BCUT2D eigenvalue weighted by Crippen LogP contribution is 1.93. The number of aliphatic hydroxyl groups is 1. The quantitative estimate of drug-likeness (QED) is 0.669. The molecule has 0 saturated carbocycles. The van der Waals surface area contributed by atoms with Gasteiger partial charge < -0.3 is 5.11 Å². The summed E-state index contributed by atoms with van der Waals surface area (Å²) >= 11 is 0. The van der Waals surface area contributed by atoms with E-state index in [1.807, 2.05) is 16.9 Å². The summed E-state index contributed by atoms with van der Waals surface area (Å²) in [6.45, 7) is 2.58. The summed E-state index contributed by atoms with van der Waals surface area (Å²) in [6.07, 6.45) is 4.16. The van der Waals surface area contributed by atoms with Crippen molar-refractivity contribution >= 4 is 0 Å². The Bertz CT molecular complexity index is 170. The topological polar surface area (TPSA) is 38.0 Å². The Kier molecular flexibility index (Phi) is 2.45. The Morgan fingerprint density at radius 2 is 2.50 bits per heavy atom. The van der Waals surface area contributed by atoms with Gasteiger partial charge in [0.2, 0.25) is 0 Å². The highest BCUT2D eigenvalue weighted by molar-refractivity contribution is 4.77. The fourth-order valence-corrected chi connectivity index (χ4v) is 0.752. The molecular weight excluding hydrogens is 128 g/mol. The van der Waals surface area contributed by atoms with Crippen LogP contribution in [0, 0.1) is 0 Å². The molecule has 0 aliphatic carbocycles. The van der Waals surface area contributed by atoms with Crippen LogP contribution in [0.25, 0.3) is 0 Å². The SMILES string of the molecule is C[C@H](O)CCn1cccn1. The van der Waals surface area contributed by atoms with Gasteiger partial charge in [0.05, 0.1) is 6.10 Å². The Balaban J connectivity index is 2.28. The summed E-state index contributed by atoms with van der Waals surface area (Å²) in [6, 6.07) is 1.88. The molecule has 1 N–H and O–H groups in total. The van der Waals surface area contributed by atoms with E-state index in [1.165, 1.54) is 0 Å². The molecule has 1 rings (SSSR count). The maximum atomic E-state index is 8.91. The van der Waals surface area contributed by atoms with E-state index in [-0.39, 0.29) is 6.10 Å². The molecule has 1 aromatic rings. The number of rotatable bonds is 3. The van der Waals surface area contributed by atoms with Crippen LogP contribution in [0.2, 0.25) is 0 Å². The largest absolute Gasteiger partial charge is 0.393 e. The van der Waals surface area contributed by atoms with Crippen molar-refractivity contribution in [2.24, 2.45) is 0 Å². The third kappa shape index (κ3) is 2.19. The Hall–Kier alpha value is -0.830. The number of aryl methyl sites for hydroxylation is 1. The minimum absolute atomic E-state index is 0.232. The Labute approximate surface area is 60.3 Å². The van der Waals surface area contributed by atoms with Gasteiger partial charge in [-0.25, -0.2) is 0 Å². The van der Waals surface area contributed by atoms with Crippen molar-refractivity contribution in [1.82, 2.24) is 9.78 Å². The molecule has 3 nitrogen and oxygen atoms in total. The molecule has 10 heavy (non-hydrogen) atoms. The van der Waals surface area contributed by atoms with Crippen LogP contribution < -0.4 is 0 Å². The fourth-order valence-electron chi connectivity index (χ4n) is 0.752. The highest BCUT2D eigenvalue weighted by Gasteiger charge is 1.95. The monoisotopic (exact) mass is 140 g/mol. The average Bonchev–Trinajstić information content (AvgIpc) is 2.34. The lowest BCUT2D eigenvalue weighted by Gasteiger charge is -2.02. The third-order valence-corrected chi connectivity index (χ3v) is 1.34. The van der Waals surface area contributed by atoms with Gasteiger partial charge in [0.15, 0.2) is 0 Å². The fraction of sp³-hybridized carbons (Fsp3) is 0.571. The van der Waals surface area contributed by atoms with Crippen molar-refractivity contribution in [3.05, 3.63) is 18.5 Å². The molecule has 0 aliphatic heterocycles. The summed E-state index contributed by atoms with van der Waals surface area (Å²) in [5.41, 5.74) is 0. The van der Waals surface area contributed by atoms with Crippen LogP contribution in [-0.4, -0.2) is 21.0 Å². The van der Waals surface area contributed by atoms with Gasteiger partial charge in [0, 0.05) is 18.9 Å². The third-order valence-electron chi connectivity index (χ3n) is 1.34. The maximum Gasteiger partial charge on any atom is 0.0529 e. The Morgan fingerprint density at radius 1 is 1.70 bits per heavy atom. The molecule has 1 atom stereocenters. The minimum atomic E-state index is -0.232. The molecule has 0 aliphatic rings.